The van der Waals surface area contributed by atoms with Crippen molar-refractivity contribution in [1.29, 1.82) is 0 Å². The molecule has 1 unspecified atom stereocenters. The van der Waals surface area contributed by atoms with Crippen LogP contribution in [-0.4, -0.2) is 28.2 Å². The van der Waals surface area contributed by atoms with Gasteiger partial charge in [-0.3, -0.25) is 4.79 Å². The Morgan fingerprint density at radius 3 is 2.19 bits per heavy atom. The highest BCUT2D eigenvalue weighted by Gasteiger charge is 2.39. The van der Waals surface area contributed by atoms with Gasteiger partial charge in [-0.1, -0.05) is 0 Å². The molecule has 1 fully saturated rings. The molecular formula is C12H24N2O2. The zero-order chi connectivity index (χ0) is 12.6. The van der Waals surface area contributed by atoms with Gasteiger partial charge in [0.1, 0.15) is 0 Å². The van der Waals surface area contributed by atoms with Crippen molar-refractivity contribution < 1.29 is 9.90 Å². The van der Waals surface area contributed by atoms with Gasteiger partial charge in [-0.05, 0) is 46.5 Å². The minimum absolute atomic E-state index is 0.0303. The summed E-state index contributed by atoms with van der Waals surface area (Å²) in [7, 11) is 0. The fourth-order valence-electron chi connectivity index (χ4n) is 3.07. The lowest BCUT2D eigenvalue weighted by Crippen LogP contribution is -2.60. The van der Waals surface area contributed by atoms with Crippen LogP contribution < -0.4 is 11.1 Å². The molecule has 4 nitrogen and oxygen atoms in total. The third-order valence-electron chi connectivity index (χ3n) is 3.24. The van der Waals surface area contributed by atoms with Crippen molar-refractivity contribution in [3.8, 4) is 0 Å². The van der Waals surface area contributed by atoms with Gasteiger partial charge in [-0.2, -0.15) is 0 Å². The number of carbonyl (C=O) groups is 1. The van der Waals surface area contributed by atoms with Crippen molar-refractivity contribution in [3.63, 3.8) is 0 Å². The maximum absolute atomic E-state index is 10.7. The van der Waals surface area contributed by atoms with Crippen LogP contribution in [0.25, 0.3) is 0 Å². The first-order valence-electron chi connectivity index (χ1n) is 5.88. The predicted molar refractivity (Wildman–Crippen MR) is 64.2 cm³/mol. The molecule has 0 saturated carbocycles. The molecule has 1 heterocycles. The number of hydrogen-bond acceptors (Lipinski definition) is 3. The average molecular weight is 228 g/mol. The van der Waals surface area contributed by atoms with Crippen molar-refractivity contribution in [2.75, 3.05) is 0 Å². The van der Waals surface area contributed by atoms with Gasteiger partial charge in [0.05, 0.1) is 6.42 Å². The van der Waals surface area contributed by atoms with Gasteiger partial charge in [-0.25, -0.2) is 0 Å². The van der Waals surface area contributed by atoms with Gasteiger partial charge in [0.2, 0.25) is 0 Å². The molecule has 0 aromatic heterocycles. The number of rotatable bonds is 3. The maximum Gasteiger partial charge on any atom is 0.304 e. The SMILES string of the molecule is CC1(C)CC(C(N)CC(=O)O)CC(C)(C)N1. The Balaban J connectivity index is 2.70. The Bertz CT molecular complexity index is 258. The summed E-state index contributed by atoms with van der Waals surface area (Å²) < 4.78 is 0. The third-order valence-corrected chi connectivity index (χ3v) is 3.24. The van der Waals surface area contributed by atoms with Crippen LogP contribution in [0.4, 0.5) is 0 Å². The summed E-state index contributed by atoms with van der Waals surface area (Å²) in [5.41, 5.74) is 6.04. The van der Waals surface area contributed by atoms with Crippen LogP contribution in [0, 0.1) is 5.92 Å². The number of aliphatic carboxylic acids is 1. The molecule has 0 aliphatic carbocycles. The zero-order valence-corrected chi connectivity index (χ0v) is 10.7. The number of carboxylic acids is 1. The molecule has 1 atom stereocenters. The molecule has 1 rings (SSSR count). The number of nitrogens with one attached hydrogen (secondary N) is 1. The number of piperidine rings is 1. The smallest absolute Gasteiger partial charge is 0.304 e. The lowest BCUT2D eigenvalue weighted by atomic mass is 9.72. The lowest BCUT2D eigenvalue weighted by molar-refractivity contribution is -0.137. The first kappa shape index (κ1) is 13.5. The van der Waals surface area contributed by atoms with Gasteiger partial charge in [0, 0.05) is 17.1 Å². The van der Waals surface area contributed by atoms with Crippen molar-refractivity contribution in [1.82, 2.24) is 5.32 Å². The Hall–Kier alpha value is -0.610. The molecule has 0 amide bonds. The summed E-state index contributed by atoms with van der Waals surface area (Å²) in [5, 5.41) is 12.3. The van der Waals surface area contributed by atoms with E-state index in [1.807, 2.05) is 0 Å². The van der Waals surface area contributed by atoms with Gasteiger partial charge >= 0.3 is 5.97 Å². The minimum atomic E-state index is -0.804. The van der Waals surface area contributed by atoms with E-state index in [2.05, 4.69) is 33.0 Å². The number of hydrogen-bond donors (Lipinski definition) is 3. The number of carboxylic acid groups (broad SMARTS) is 1. The highest BCUT2D eigenvalue weighted by atomic mass is 16.4. The molecule has 0 aromatic rings. The molecule has 16 heavy (non-hydrogen) atoms. The summed E-state index contributed by atoms with van der Waals surface area (Å²) in [6, 6.07) is -0.238. The summed E-state index contributed by atoms with van der Waals surface area (Å²) in [6.07, 6.45) is 1.94. The van der Waals surface area contributed by atoms with Crippen LogP contribution in [0.2, 0.25) is 0 Å². The molecule has 1 aliphatic rings. The van der Waals surface area contributed by atoms with Crippen molar-refractivity contribution in [3.05, 3.63) is 0 Å². The second-order valence-corrected chi connectivity index (χ2v) is 6.32. The fraction of sp³-hybridized carbons (Fsp3) is 0.917. The highest BCUT2D eigenvalue weighted by Crippen LogP contribution is 2.34. The standard InChI is InChI=1S/C12H24N2O2/c1-11(2)6-8(7-12(3,4)14-11)9(13)5-10(15)16/h8-9,14H,5-7,13H2,1-4H3,(H,15,16). The molecular weight excluding hydrogens is 204 g/mol. The average Bonchev–Trinajstić information content (AvgIpc) is 1.96. The predicted octanol–water partition coefficient (Wildman–Crippen LogP) is 1.35. The molecule has 1 aliphatic heterocycles. The summed E-state index contributed by atoms with van der Waals surface area (Å²) in [5.74, 6) is -0.524. The highest BCUT2D eigenvalue weighted by molar-refractivity contribution is 5.67. The van der Waals surface area contributed by atoms with E-state index in [0.717, 1.165) is 12.8 Å². The first-order valence-corrected chi connectivity index (χ1v) is 5.88. The van der Waals surface area contributed by atoms with Crippen molar-refractivity contribution >= 4 is 5.97 Å². The zero-order valence-electron chi connectivity index (χ0n) is 10.7. The maximum atomic E-state index is 10.7. The van der Waals surface area contributed by atoms with E-state index < -0.39 is 5.97 Å². The second-order valence-electron chi connectivity index (χ2n) is 6.32. The van der Waals surface area contributed by atoms with Crippen molar-refractivity contribution in [2.24, 2.45) is 11.7 Å². The quantitative estimate of drug-likeness (QED) is 0.681. The van der Waals surface area contributed by atoms with Crippen LogP contribution >= 0.6 is 0 Å². The molecule has 0 aromatic carbocycles. The van der Waals surface area contributed by atoms with Gasteiger partial charge in [0.25, 0.3) is 0 Å². The molecule has 0 spiro atoms. The van der Waals surface area contributed by atoms with E-state index in [9.17, 15) is 4.79 Å². The van der Waals surface area contributed by atoms with Crippen LogP contribution in [0.5, 0.6) is 0 Å². The summed E-state index contributed by atoms with van der Waals surface area (Å²) in [6.45, 7) is 8.59. The monoisotopic (exact) mass is 228 g/mol. The molecule has 0 bridgehead atoms. The first-order chi connectivity index (χ1) is 7.11. The molecule has 94 valence electrons. The van der Waals surface area contributed by atoms with Gasteiger partial charge < -0.3 is 16.2 Å². The largest absolute Gasteiger partial charge is 0.481 e. The van der Waals surface area contributed by atoms with E-state index in [4.69, 9.17) is 10.8 Å². The van der Waals surface area contributed by atoms with Crippen LogP contribution in [0.15, 0.2) is 0 Å². The Morgan fingerprint density at radius 1 is 1.38 bits per heavy atom. The molecule has 4 heteroatoms. The van der Waals surface area contributed by atoms with Gasteiger partial charge in [0.15, 0.2) is 0 Å². The Labute approximate surface area is 97.6 Å². The topological polar surface area (TPSA) is 75.4 Å². The van der Waals surface area contributed by atoms with E-state index in [1.54, 1.807) is 0 Å². The Kier molecular flexibility index (Phi) is 3.65. The van der Waals surface area contributed by atoms with Gasteiger partial charge in [-0.15, -0.1) is 0 Å². The second kappa shape index (κ2) is 4.34. The summed E-state index contributed by atoms with van der Waals surface area (Å²) >= 11 is 0. The van der Waals surface area contributed by atoms with Crippen LogP contribution in [0.3, 0.4) is 0 Å². The molecule has 0 radical (unpaired) electrons. The Morgan fingerprint density at radius 2 is 1.81 bits per heavy atom. The van der Waals surface area contributed by atoms with E-state index in [0.29, 0.717) is 0 Å². The number of nitrogens with two attached hydrogens (primary N) is 1. The normalized spacial score (nSPS) is 26.3. The fourth-order valence-corrected chi connectivity index (χ4v) is 3.07. The van der Waals surface area contributed by atoms with Crippen molar-refractivity contribution in [2.45, 2.75) is 64.1 Å². The van der Waals surface area contributed by atoms with Crippen LogP contribution in [-0.2, 0) is 4.79 Å². The molecule has 1 saturated heterocycles. The molecule has 4 N–H and O–H groups in total. The van der Waals surface area contributed by atoms with E-state index >= 15 is 0 Å². The van der Waals surface area contributed by atoms with E-state index in [1.165, 1.54) is 0 Å². The van der Waals surface area contributed by atoms with E-state index in [-0.39, 0.29) is 29.5 Å². The summed E-state index contributed by atoms with van der Waals surface area (Å²) in [4.78, 5) is 10.7. The minimum Gasteiger partial charge on any atom is -0.481 e. The third kappa shape index (κ3) is 3.76. The lowest BCUT2D eigenvalue weighted by Gasteiger charge is -2.48. The van der Waals surface area contributed by atoms with Crippen LogP contribution in [0.1, 0.15) is 47.0 Å².